The zero-order valence-corrected chi connectivity index (χ0v) is 22.1. The smallest absolute Gasteiger partial charge is 0.0571 e. The van der Waals surface area contributed by atoms with Gasteiger partial charge in [0.25, 0.3) is 0 Å². The average molecular weight is 439 g/mol. The molecule has 0 amide bonds. The fourth-order valence-corrected chi connectivity index (χ4v) is 8.70. The highest BCUT2D eigenvalue weighted by atomic mass is 16.3. The molecule has 0 aromatic carbocycles. The molecule has 4 aliphatic carbocycles. The lowest BCUT2D eigenvalue weighted by Crippen LogP contribution is -2.49. The van der Waals surface area contributed by atoms with E-state index in [-0.39, 0.29) is 6.10 Å². The van der Waals surface area contributed by atoms with Crippen LogP contribution in [0, 0.1) is 40.4 Å². The van der Waals surface area contributed by atoms with E-state index in [2.05, 4.69) is 60.6 Å². The number of allylic oxidation sites excluding steroid dienone is 6. The largest absolute Gasteiger partial charge is 0.393 e. The number of rotatable bonds is 6. The van der Waals surface area contributed by atoms with E-state index in [0.29, 0.717) is 28.6 Å². The SMILES string of the molecule is CC(C)=CCC[C@@H](C)[C@H]1CC=C2C3=C(CC[C@@]21C)[C@@]1(C)CC[C@@H](O)C(CC(C)C)C1CC3. The van der Waals surface area contributed by atoms with Crippen LogP contribution in [-0.4, -0.2) is 11.2 Å². The van der Waals surface area contributed by atoms with E-state index in [1.54, 1.807) is 11.1 Å². The minimum absolute atomic E-state index is 0.0804. The van der Waals surface area contributed by atoms with Crippen molar-refractivity contribution in [2.75, 3.05) is 0 Å². The molecule has 180 valence electrons. The number of hydrogen-bond acceptors (Lipinski definition) is 1. The second kappa shape index (κ2) is 9.09. The van der Waals surface area contributed by atoms with Crippen LogP contribution in [0.3, 0.4) is 0 Å². The molecule has 0 spiro atoms. The Morgan fingerprint density at radius 1 is 1.09 bits per heavy atom. The summed E-state index contributed by atoms with van der Waals surface area (Å²) < 4.78 is 0. The molecule has 4 aliphatic rings. The van der Waals surface area contributed by atoms with Crippen LogP contribution in [0.25, 0.3) is 0 Å². The van der Waals surface area contributed by atoms with Crippen LogP contribution in [-0.2, 0) is 0 Å². The fraction of sp³-hybridized carbons (Fsp3) is 0.806. The zero-order valence-electron chi connectivity index (χ0n) is 22.1. The Labute approximate surface area is 198 Å². The van der Waals surface area contributed by atoms with Gasteiger partial charge >= 0.3 is 0 Å². The first-order chi connectivity index (χ1) is 15.1. The van der Waals surface area contributed by atoms with Gasteiger partial charge < -0.3 is 5.11 Å². The molecular formula is C31H50O. The number of aliphatic hydroxyl groups is 1. The number of hydrogen-bond donors (Lipinski definition) is 1. The molecule has 0 radical (unpaired) electrons. The molecule has 0 aromatic heterocycles. The van der Waals surface area contributed by atoms with Crippen molar-refractivity contribution in [3.05, 3.63) is 34.4 Å². The van der Waals surface area contributed by atoms with Gasteiger partial charge in [-0.05, 0) is 130 Å². The van der Waals surface area contributed by atoms with E-state index < -0.39 is 0 Å². The van der Waals surface area contributed by atoms with Gasteiger partial charge in [-0.15, -0.1) is 0 Å². The van der Waals surface area contributed by atoms with Crippen molar-refractivity contribution in [2.45, 2.75) is 119 Å². The molecule has 0 saturated heterocycles. The van der Waals surface area contributed by atoms with Gasteiger partial charge in [-0.3, -0.25) is 0 Å². The molecule has 2 unspecified atom stereocenters. The molecule has 1 fully saturated rings. The highest BCUT2D eigenvalue weighted by molar-refractivity contribution is 5.49. The lowest BCUT2D eigenvalue weighted by atomic mass is 9.49. The van der Waals surface area contributed by atoms with Crippen LogP contribution in [0.15, 0.2) is 34.4 Å². The maximum atomic E-state index is 10.9. The molecule has 0 aromatic rings. The summed E-state index contributed by atoms with van der Waals surface area (Å²) in [6, 6.07) is 0. The van der Waals surface area contributed by atoms with Gasteiger partial charge in [-0.1, -0.05) is 57.9 Å². The molecular weight excluding hydrogens is 388 g/mol. The number of fused-ring (bicyclic) bond motifs is 4. The molecule has 32 heavy (non-hydrogen) atoms. The average Bonchev–Trinajstić information content (AvgIpc) is 3.07. The molecule has 1 N–H and O–H groups in total. The Hall–Kier alpha value is -0.820. The summed E-state index contributed by atoms with van der Waals surface area (Å²) in [6.45, 7) is 16.8. The van der Waals surface area contributed by atoms with Crippen molar-refractivity contribution < 1.29 is 5.11 Å². The lowest BCUT2D eigenvalue weighted by Gasteiger charge is -2.56. The Kier molecular flexibility index (Phi) is 6.90. The second-order valence-electron chi connectivity index (χ2n) is 13.1. The lowest BCUT2D eigenvalue weighted by molar-refractivity contribution is -0.0453. The molecule has 0 heterocycles. The third-order valence-corrected chi connectivity index (χ3v) is 10.4. The summed E-state index contributed by atoms with van der Waals surface area (Å²) in [7, 11) is 0. The highest BCUT2D eigenvalue weighted by Crippen LogP contribution is 2.65. The standard InChI is InChI=1S/C31H50O/c1-20(2)9-8-10-22(5)25-13-14-26-23-11-12-27-24(19-21(3)4)29(32)16-18-31(27,7)28(23)15-17-30(25,26)6/h9,14,21-22,24-25,27,29,32H,8,10-13,15-19H2,1-7H3/t22-,24?,25-,27?,29-,30-,31+/m1/s1. The fourth-order valence-electron chi connectivity index (χ4n) is 8.70. The second-order valence-corrected chi connectivity index (χ2v) is 13.1. The molecule has 0 aliphatic heterocycles. The Morgan fingerprint density at radius 2 is 1.84 bits per heavy atom. The third kappa shape index (κ3) is 4.10. The van der Waals surface area contributed by atoms with Crippen LogP contribution >= 0.6 is 0 Å². The van der Waals surface area contributed by atoms with Gasteiger partial charge in [-0.25, -0.2) is 0 Å². The van der Waals surface area contributed by atoms with Gasteiger partial charge in [-0.2, -0.15) is 0 Å². The molecule has 0 bridgehead atoms. The summed E-state index contributed by atoms with van der Waals surface area (Å²) in [5.41, 5.74) is 7.51. The zero-order chi connectivity index (χ0) is 23.3. The van der Waals surface area contributed by atoms with E-state index in [1.807, 2.05) is 5.57 Å². The Morgan fingerprint density at radius 3 is 2.53 bits per heavy atom. The third-order valence-electron chi connectivity index (χ3n) is 10.4. The van der Waals surface area contributed by atoms with E-state index in [4.69, 9.17) is 0 Å². The first-order valence-corrected chi connectivity index (χ1v) is 13.8. The molecule has 1 nitrogen and oxygen atoms in total. The van der Waals surface area contributed by atoms with E-state index in [1.165, 1.54) is 63.4 Å². The van der Waals surface area contributed by atoms with Crippen LogP contribution < -0.4 is 0 Å². The summed E-state index contributed by atoms with van der Waals surface area (Å²) >= 11 is 0. The predicted molar refractivity (Wildman–Crippen MR) is 137 cm³/mol. The summed E-state index contributed by atoms with van der Waals surface area (Å²) in [5, 5.41) is 10.9. The quantitative estimate of drug-likeness (QED) is 0.411. The summed E-state index contributed by atoms with van der Waals surface area (Å²) in [5.74, 6) is 3.45. The van der Waals surface area contributed by atoms with E-state index in [0.717, 1.165) is 18.3 Å². The molecule has 4 rings (SSSR count). The van der Waals surface area contributed by atoms with Crippen molar-refractivity contribution in [1.29, 1.82) is 0 Å². The minimum atomic E-state index is -0.0804. The van der Waals surface area contributed by atoms with Gasteiger partial charge in [0.1, 0.15) is 0 Å². The summed E-state index contributed by atoms with van der Waals surface area (Å²) in [6.07, 6.45) is 17.4. The van der Waals surface area contributed by atoms with Crippen molar-refractivity contribution in [2.24, 2.45) is 40.4 Å². The first kappa shape index (κ1) is 24.3. The monoisotopic (exact) mass is 438 g/mol. The van der Waals surface area contributed by atoms with Crippen LogP contribution in [0.5, 0.6) is 0 Å². The minimum Gasteiger partial charge on any atom is -0.393 e. The molecule has 1 heteroatoms. The predicted octanol–water partition coefficient (Wildman–Crippen LogP) is 8.65. The molecule has 1 saturated carbocycles. The van der Waals surface area contributed by atoms with Gasteiger partial charge in [0.15, 0.2) is 0 Å². The Bertz CT molecular complexity index is 793. The van der Waals surface area contributed by atoms with Gasteiger partial charge in [0.2, 0.25) is 0 Å². The Balaban J connectivity index is 1.58. The van der Waals surface area contributed by atoms with E-state index in [9.17, 15) is 5.11 Å². The van der Waals surface area contributed by atoms with Crippen LogP contribution in [0.1, 0.15) is 113 Å². The first-order valence-electron chi connectivity index (χ1n) is 13.8. The van der Waals surface area contributed by atoms with Crippen LogP contribution in [0.4, 0.5) is 0 Å². The van der Waals surface area contributed by atoms with Crippen molar-refractivity contribution >= 4 is 0 Å². The van der Waals surface area contributed by atoms with E-state index >= 15 is 0 Å². The topological polar surface area (TPSA) is 20.2 Å². The normalized spacial score (nSPS) is 39.8. The van der Waals surface area contributed by atoms with Crippen molar-refractivity contribution in [3.8, 4) is 0 Å². The van der Waals surface area contributed by atoms with Crippen LogP contribution in [0.2, 0.25) is 0 Å². The highest BCUT2D eigenvalue weighted by Gasteiger charge is 2.55. The van der Waals surface area contributed by atoms with Crippen molar-refractivity contribution in [1.82, 2.24) is 0 Å². The molecule has 7 atom stereocenters. The summed E-state index contributed by atoms with van der Waals surface area (Å²) in [4.78, 5) is 0. The van der Waals surface area contributed by atoms with Crippen molar-refractivity contribution in [3.63, 3.8) is 0 Å². The van der Waals surface area contributed by atoms with Gasteiger partial charge in [0.05, 0.1) is 6.10 Å². The number of aliphatic hydroxyl groups excluding tert-OH is 1. The van der Waals surface area contributed by atoms with Gasteiger partial charge in [0, 0.05) is 0 Å². The maximum absolute atomic E-state index is 10.9. The maximum Gasteiger partial charge on any atom is 0.0571 e.